The average Bonchev–Trinajstić information content (AvgIpc) is 2.40. The molecule has 0 spiro atoms. The third-order valence-corrected chi connectivity index (χ3v) is 3.70. The zero-order valence-electron chi connectivity index (χ0n) is 11.4. The van der Waals surface area contributed by atoms with Crippen LogP contribution < -0.4 is 15.8 Å². The molecule has 1 saturated carbocycles. The highest BCUT2D eigenvalue weighted by atomic mass is 16.5. The van der Waals surface area contributed by atoms with E-state index in [1.54, 1.807) is 25.3 Å². The van der Waals surface area contributed by atoms with Gasteiger partial charge in [-0.3, -0.25) is 4.79 Å². The summed E-state index contributed by atoms with van der Waals surface area (Å²) in [5, 5.41) is 2.91. The van der Waals surface area contributed by atoms with Crippen molar-refractivity contribution in [2.75, 3.05) is 18.2 Å². The molecule has 4 nitrogen and oxygen atoms in total. The fourth-order valence-corrected chi connectivity index (χ4v) is 2.68. The van der Waals surface area contributed by atoms with Crippen molar-refractivity contribution in [1.82, 2.24) is 0 Å². The van der Waals surface area contributed by atoms with Gasteiger partial charge in [-0.25, -0.2) is 0 Å². The molecule has 3 N–H and O–H groups in total. The Bertz CT molecular complexity index is 440. The lowest BCUT2D eigenvalue weighted by Gasteiger charge is -2.21. The Labute approximate surface area is 114 Å². The van der Waals surface area contributed by atoms with Gasteiger partial charge in [0.05, 0.1) is 12.8 Å². The van der Waals surface area contributed by atoms with E-state index >= 15 is 0 Å². The maximum absolute atomic E-state index is 12.1. The minimum Gasteiger partial charge on any atom is -0.495 e. The van der Waals surface area contributed by atoms with Crippen LogP contribution in [-0.4, -0.2) is 13.0 Å². The van der Waals surface area contributed by atoms with Crippen molar-refractivity contribution in [2.45, 2.75) is 38.5 Å². The Morgan fingerprint density at radius 1 is 1.37 bits per heavy atom. The van der Waals surface area contributed by atoms with E-state index in [1.807, 2.05) is 0 Å². The van der Waals surface area contributed by atoms with Crippen LogP contribution in [0.25, 0.3) is 0 Å². The fraction of sp³-hybridized carbons (Fsp3) is 0.533. The van der Waals surface area contributed by atoms with E-state index in [0.717, 1.165) is 0 Å². The van der Waals surface area contributed by atoms with E-state index in [4.69, 9.17) is 10.5 Å². The van der Waals surface area contributed by atoms with Crippen molar-refractivity contribution in [3.8, 4) is 5.75 Å². The maximum Gasteiger partial charge on any atom is 0.224 e. The molecule has 1 aromatic rings. The molecule has 0 unspecified atom stereocenters. The number of ether oxygens (including phenoxy) is 1. The SMILES string of the molecule is COc1ccc(N)cc1NC(=O)CC1CCCCC1. The number of methoxy groups -OCH3 is 1. The average molecular weight is 262 g/mol. The van der Waals surface area contributed by atoms with Crippen molar-refractivity contribution >= 4 is 17.3 Å². The molecule has 1 aliphatic carbocycles. The van der Waals surface area contributed by atoms with Crippen LogP contribution in [0.15, 0.2) is 18.2 Å². The Hall–Kier alpha value is -1.71. The molecule has 1 amide bonds. The number of benzene rings is 1. The van der Waals surface area contributed by atoms with Crippen LogP contribution >= 0.6 is 0 Å². The van der Waals surface area contributed by atoms with Gasteiger partial charge in [0.25, 0.3) is 0 Å². The summed E-state index contributed by atoms with van der Waals surface area (Å²) in [6, 6.07) is 5.26. The van der Waals surface area contributed by atoms with Crippen molar-refractivity contribution in [3.63, 3.8) is 0 Å². The van der Waals surface area contributed by atoms with Gasteiger partial charge < -0.3 is 15.8 Å². The van der Waals surface area contributed by atoms with E-state index in [1.165, 1.54) is 32.1 Å². The number of nitrogens with one attached hydrogen (secondary N) is 1. The number of nitrogens with two attached hydrogens (primary N) is 1. The predicted molar refractivity (Wildman–Crippen MR) is 77.2 cm³/mol. The second-order valence-electron chi connectivity index (χ2n) is 5.22. The van der Waals surface area contributed by atoms with Gasteiger partial charge in [-0.15, -0.1) is 0 Å². The Balaban J connectivity index is 1.95. The summed E-state index contributed by atoms with van der Waals surface area (Å²) in [4.78, 5) is 12.1. The number of hydrogen-bond donors (Lipinski definition) is 2. The molecule has 0 radical (unpaired) electrons. The summed E-state index contributed by atoms with van der Waals surface area (Å²) in [5.74, 6) is 1.22. The van der Waals surface area contributed by atoms with E-state index in [-0.39, 0.29) is 5.91 Å². The molecular formula is C15H22N2O2. The maximum atomic E-state index is 12.1. The molecule has 0 bridgehead atoms. The van der Waals surface area contributed by atoms with Crippen molar-refractivity contribution in [2.24, 2.45) is 5.92 Å². The first kappa shape index (κ1) is 13.7. The van der Waals surface area contributed by atoms with Gasteiger partial charge in [-0.05, 0) is 37.0 Å². The van der Waals surface area contributed by atoms with Crippen LogP contribution in [0.5, 0.6) is 5.75 Å². The summed E-state index contributed by atoms with van der Waals surface area (Å²) in [7, 11) is 1.59. The monoisotopic (exact) mass is 262 g/mol. The topological polar surface area (TPSA) is 64.3 Å². The lowest BCUT2D eigenvalue weighted by molar-refractivity contribution is -0.117. The number of hydrogen-bond acceptors (Lipinski definition) is 3. The van der Waals surface area contributed by atoms with E-state index in [9.17, 15) is 4.79 Å². The van der Waals surface area contributed by atoms with Gasteiger partial charge in [-0.2, -0.15) is 0 Å². The Kier molecular flexibility index (Phi) is 4.66. The first-order valence-electron chi connectivity index (χ1n) is 6.92. The lowest BCUT2D eigenvalue weighted by Crippen LogP contribution is -2.18. The molecule has 1 aromatic carbocycles. The highest BCUT2D eigenvalue weighted by molar-refractivity contribution is 5.93. The van der Waals surface area contributed by atoms with Gasteiger partial charge in [0.1, 0.15) is 5.75 Å². The second kappa shape index (κ2) is 6.45. The summed E-state index contributed by atoms with van der Waals surface area (Å²) in [5.41, 5.74) is 7.01. The number of anilines is 2. The van der Waals surface area contributed by atoms with Gasteiger partial charge in [0.15, 0.2) is 0 Å². The van der Waals surface area contributed by atoms with Crippen molar-refractivity contribution in [1.29, 1.82) is 0 Å². The molecule has 1 fully saturated rings. The van der Waals surface area contributed by atoms with Crippen LogP contribution in [-0.2, 0) is 4.79 Å². The summed E-state index contributed by atoms with van der Waals surface area (Å²) < 4.78 is 5.22. The van der Waals surface area contributed by atoms with E-state index in [0.29, 0.717) is 29.5 Å². The summed E-state index contributed by atoms with van der Waals surface area (Å²) in [6.07, 6.45) is 6.74. The number of rotatable bonds is 4. The molecule has 0 heterocycles. The Morgan fingerprint density at radius 3 is 2.79 bits per heavy atom. The van der Waals surface area contributed by atoms with Crippen LogP contribution in [0.2, 0.25) is 0 Å². The number of carbonyl (C=O) groups excluding carboxylic acids is 1. The number of nitrogen functional groups attached to an aromatic ring is 1. The van der Waals surface area contributed by atoms with E-state index in [2.05, 4.69) is 5.32 Å². The standard InChI is InChI=1S/C15H22N2O2/c1-19-14-8-7-12(16)10-13(14)17-15(18)9-11-5-3-2-4-6-11/h7-8,10-11H,2-6,9,16H2,1H3,(H,17,18). The zero-order chi connectivity index (χ0) is 13.7. The molecule has 0 aliphatic heterocycles. The molecule has 104 valence electrons. The molecule has 1 aliphatic rings. The normalized spacial score (nSPS) is 16.1. The van der Waals surface area contributed by atoms with E-state index < -0.39 is 0 Å². The summed E-state index contributed by atoms with van der Waals surface area (Å²) in [6.45, 7) is 0. The third kappa shape index (κ3) is 3.88. The summed E-state index contributed by atoms with van der Waals surface area (Å²) >= 11 is 0. The van der Waals surface area contributed by atoms with Crippen molar-refractivity contribution < 1.29 is 9.53 Å². The second-order valence-corrected chi connectivity index (χ2v) is 5.22. The van der Waals surface area contributed by atoms with Crippen LogP contribution in [0, 0.1) is 5.92 Å². The molecule has 0 aromatic heterocycles. The minimum atomic E-state index is 0.0517. The quantitative estimate of drug-likeness (QED) is 0.819. The number of carbonyl (C=O) groups is 1. The van der Waals surface area contributed by atoms with Crippen LogP contribution in [0.3, 0.4) is 0 Å². The smallest absolute Gasteiger partial charge is 0.224 e. The highest BCUT2D eigenvalue weighted by Gasteiger charge is 2.17. The molecule has 2 rings (SSSR count). The van der Waals surface area contributed by atoms with Gasteiger partial charge in [0.2, 0.25) is 5.91 Å². The van der Waals surface area contributed by atoms with Crippen molar-refractivity contribution in [3.05, 3.63) is 18.2 Å². The molecule has 0 saturated heterocycles. The minimum absolute atomic E-state index is 0.0517. The predicted octanol–water partition coefficient (Wildman–Crippen LogP) is 3.19. The fourth-order valence-electron chi connectivity index (χ4n) is 2.68. The Morgan fingerprint density at radius 2 is 2.11 bits per heavy atom. The lowest BCUT2D eigenvalue weighted by atomic mass is 9.87. The van der Waals surface area contributed by atoms with Gasteiger partial charge in [-0.1, -0.05) is 19.3 Å². The first-order chi connectivity index (χ1) is 9.19. The largest absolute Gasteiger partial charge is 0.495 e. The highest BCUT2D eigenvalue weighted by Crippen LogP contribution is 2.29. The first-order valence-corrected chi connectivity index (χ1v) is 6.92. The molecule has 19 heavy (non-hydrogen) atoms. The zero-order valence-corrected chi connectivity index (χ0v) is 11.4. The van der Waals surface area contributed by atoms with Gasteiger partial charge in [0, 0.05) is 12.1 Å². The van der Waals surface area contributed by atoms with Crippen LogP contribution in [0.1, 0.15) is 38.5 Å². The number of amides is 1. The third-order valence-electron chi connectivity index (χ3n) is 3.70. The molecule has 4 heteroatoms. The van der Waals surface area contributed by atoms with Crippen LogP contribution in [0.4, 0.5) is 11.4 Å². The molecule has 0 atom stereocenters. The van der Waals surface area contributed by atoms with Gasteiger partial charge >= 0.3 is 0 Å². The molecular weight excluding hydrogens is 240 g/mol.